The summed E-state index contributed by atoms with van der Waals surface area (Å²) in [6.45, 7) is 3.19. The molecule has 0 aliphatic heterocycles. The predicted molar refractivity (Wildman–Crippen MR) is 59.6 cm³/mol. The highest BCUT2D eigenvalue weighted by molar-refractivity contribution is 5.89. The number of rotatable bonds is 7. The number of aliphatic carboxylic acids is 2. The Kier molecular flexibility index (Phi) is 5.60. The Morgan fingerprint density at radius 3 is 2.12 bits per heavy atom. The largest absolute Gasteiger partial charge is 0.481 e. The van der Waals surface area contributed by atoms with Gasteiger partial charge in [0.05, 0.1) is 5.54 Å². The van der Waals surface area contributed by atoms with Crippen molar-refractivity contribution >= 4 is 17.8 Å². The van der Waals surface area contributed by atoms with Gasteiger partial charge in [-0.2, -0.15) is 0 Å². The molecule has 0 saturated carbocycles. The molecule has 0 aliphatic carbocycles. The molecular weight excluding hydrogens is 228 g/mol. The van der Waals surface area contributed by atoms with E-state index in [1.165, 1.54) is 0 Å². The number of carbonyl (C=O) groups is 3. The van der Waals surface area contributed by atoms with Gasteiger partial charge in [-0.05, 0) is 27.3 Å². The second-order valence-electron chi connectivity index (χ2n) is 4.17. The van der Waals surface area contributed by atoms with Crippen molar-refractivity contribution in [2.45, 2.75) is 38.3 Å². The second-order valence-corrected chi connectivity index (χ2v) is 4.17. The monoisotopic (exact) mass is 246 g/mol. The zero-order valence-electron chi connectivity index (χ0n) is 10.1. The van der Waals surface area contributed by atoms with Crippen molar-refractivity contribution in [3.63, 3.8) is 0 Å². The van der Waals surface area contributed by atoms with Gasteiger partial charge in [-0.15, -0.1) is 0 Å². The molecule has 0 saturated heterocycles. The molecule has 0 heterocycles. The van der Waals surface area contributed by atoms with Gasteiger partial charge >= 0.3 is 11.9 Å². The standard InChI is InChI=1S/C10H18N2O5/c1-10(2,11-3)9(17)12-6(8(15)16)4-5-7(13)14/h6,11H,4-5H2,1-3H3,(H,12,17)(H,13,14)(H,15,16)/t6-/m0/s1. The van der Waals surface area contributed by atoms with E-state index in [4.69, 9.17) is 10.2 Å². The fourth-order valence-electron chi connectivity index (χ4n) is 0.977. The highest BCUT2D eigenvalue weighted by atomic mass is 16.4. The molecule has 0 aromatic carbocycles. The van der Waals surface area contributed by atoms with Crippen molar-refractivity contribution in [1.29, 1.82) is 0 Å². The average Bonchev–Trinajstić information content (AvgIpc) is 2.22. The van der Waals surface area contributed by atoms with Crippen LogP contribution in [-0.4, -0.2) is 46.7 Å². The molecule has 1 atom stereocenters. The van der Waals surface area contributed by atoms with Crippen LogP contribution in [0.5, 0.6) is 0 Å². The number of carboxylic acid groups (broad SMARTS) is 2. The smallest absolute Gasteiger partial charge is 0.326 e. The van der Waals surface area contributed by atoms with Crippen LogP contribution >= 0.6 is 0 Å². The van der Waals surface area contributed by atoms with E-state index in [1.54, 1.807) is 20.9 Å². The summed E-state index contributed by atoms with van der Waals surface area (Å²) < 4.78 is 0. The van der Waals surface area contributed by atoms with Crippen LogP contribution in [0.2, 0.25) is 0 Å². The van der Waals surface area contributed by atoms with E-state index in [0.717, 1.165) is 0 Å². The highest BCUT2D eigenvalue weighted by Crippen LogP contribution is 2.04. The number of amides is 1. The highest BCUT2D eigenvalue weighted by Gasteiger charge is 2.29. The van der Waals surface area contributed by atoms with Crippen molar-refractivity contribution < 1.29 is 24.6 Å². The summed E-state index contributed by atoms with van der Waals surface area (Å²) >= 11 is 0. The lowest BCUT2D eigenvalue weighted by molar-refractivity contribution is -0.143. The first kappa shape index (κ1) is 15.4. The molecule has 0 fully saturated rings. The van der Waals surface area contributed by atoms with Crippen molar-refractivity contribution in [1.82, 2.24) is 10.6 Å². The third-order valence-corrected chi connectivity index (χ3v) is 2.44. The van der Waals surface area contributed by atoms with Crippen LogP contribution < -0.4 is 10.6 Å². The quantitative estimate of drug-likeness (QED) is 0.477. The summed E-state index contributed by atoms with van der Waals surface area (Å²) in [7, 11) is 1.58. The van der Waals surface area contributed by atoms with Gasteiger partial charge in [-0.1, -0.05) is 0 Å². The summed E-state index contributed by atoms with van der Waals surface area (Å²) in [6, 6.07) is -1.19. The normalized spacial score (nSPS) is 12.9. The molecule has 7 heteroatoms. The SMILES string of the molecule is CNC(C)(C)C(=O)N[C@@H](CCC(=O)O)C(=O)O. The van der Waals surface area contributed by atoms with Gasteiger partial charge in [0, 0.05) is 6.42 Å². The van der Waals surface area contributed by atoms with Crippen molar-refractivity contribution in [2.75, 3.05) is 7.05 Å². The lowest BCUT2D eigenvalue weighted by atomic mass is 10.0. The topological polar surface area (TPSA) is 116 Å². The minimum absolute atomic E-state index is 0.143. The summed E-state index contributed by atoms with van der Waals surface area (Å²) in [6.07, 6.45) is -0.451. The van der Waals surface area contributed by atoms with E-state index < -0.39 is 29.4 Å². The number of hydrogen-bond acceptors (Lipinski definition) is 4. The molecular formula is C10H18N2O5. The van der Waals surface area contributed by atoms with Crippen LogP contribution in [0.3, 0.4) is 0 Å². The van der Waals surface area contributed by atoms with E-state index in [9.17, 15) is 14.4 Å². The Labute approximate surface area is 99.2 Å². The molecule has 0 aliphatic rings. The van der Waals surface area contributed by atoms with Crippen LogP contribution in [-0.2, 0) is 14.4 Å². The number of carboxylic acids is 2. The zero-order valence-corrected chi connectivity index (χ0v) is 10.1. The Hall–Kier alpha value is -1.63. The lowest BCUT2D eigenvalue weighted by Gasteiger charge is -2.25. The first-order chi connectivity index (χ1) is 7.70. The molecule has 0 spiro atoms. The third kappa shape index (κ3) is 5.30. The maximum absolute atomic E-state index is 11.7. The van der Waals surface area contributed by atoms with Gasteiger partial charge < -0.3 is 20.8 Å². The Balaban J connectivity index is 4.50. The van der Waals surface area contributed by atoms with E-state index in [-0.39, 0.29) is 12.8 Å². The Morgan fingerprint density at radius 2 is 1.76 bits per heavy atom. The molecule has 0 rings (SSSR count). The van der Waals surface area contributed by atoms with E-state index in [0.29, 0.717) is 0 Å². The molecule has 0 bridgehead atoms. The Bertz CT molecular complexity index is 314. The molecule has 17 heavy (non-hydrogen) atoms. The number of carbonyl (C=O) groups excluding carboxylic acids is 1. The maximum Gasteiger partial charge on any atom is 0.326 e. The van der Waals surface area contributed by atoms with Gasteiger partial charge in [0.2, 0.25) is 5.91 Å². The zero-order chi connectivity index (χ0) is 13.6. The third-order valence-electron chi connectivity index (χ3n) is 2.44. The van der Waals surface area contributed by atoms with Crippen molar-refractivity contribution in [3.05, 3.63) is 0 Å². The molecule has 0 unspecified atom stereocenters. The molecule has 0 radical (unpaired) electrons. The second kappa shape index (κ2) is 6.19. The van der Waals surface area contributed by atoms with Gasteiger partial charge in [-0.25, -0.2) is 4.79 Å². The van der Waals surface area contributed by atoms with Crippen molar-refractivity contribution in [3.8, 4) is 0 Å². The number of nitrogens with one attached hydrogen (secondary N) is 2. The molecule has 7 nitrogen and oxygen atoms in total. The first-order valence-electron chi connectivity index (χ1n) is 5.15. The summed E-state index contributed by atoms with van der Waals surface area (Å²) in [4.78, 5) is 32.9. The van der Waals surface area contributed by atoms with E-state index in [1.807, 2.05) is 0 Å². The molecule has 0 aromatic rings. The fourth-order valence-corrected chi connectivity index (χ4v) is 0.977. The molecule has 1 amide bonds. The molecule has 98 valence electrons. The maximum atomic E-state index is 11.7. The summed E-state index contributed by atoms with van der Waals surface area (Å²) in [5.41, 5.74) is -0.906. The molecule has 0 aromatic heterocycles. The van der Waals surface area contributed by atoms with Crippen LogP contribution in [0.1, 0.15) is 26.7 Å². The van der Waals surface area contributed by atoms with Gasteiger partial charge in [0.1, 0.15) is 6.04 Å². The molecule has 4 N–H and O–H groups in total. The fraction of sp³-hybridized carbons (Fsp3) is 0.700. The lowest BCUT2D eigenvalue weighted by Crippen LogP contribution is -2.55. The van der Waals surface area contributed by atoms with Crippen molar-refractivity contribution in [2.24, 2.45) is 0 Å². The predicted octanol–water partition coefficient (Wildman–Crippen LogP) is -0.581. The Morgan fingerprint density at radius 1 is 1.24 bits per heavy atom. The van der Waals surface area contributed by atoms with Gasteiger partial charge in [-0.3, -0.25) is 9.59 Å². The van der Waals surface area contributed by atoms with Crippen LogP contribution in [0, 0.1) is 0 Å². The van der Waals surface area contributed by atoms with Crippen LogP contribution in [0.25, 0.3) is 0 Å². The van der Waals surface area contributed by atoms with Crippen LogP contribution in [0.4, 0.5) is 0 Å². The van der Waals surface area contributed by atoms with Crippen LogP contribution in [0.15, 0.2) is 0 Å². The summed E-state index contributed by atoms with van der Waals surface area (Å²) in [5, 5.41) is 22.3. The van der Waals surface area contributed by atoms with E-state index >= 15 is 0 Å². The van der Waals surface area contributed by atoms with Gasteiger partial charge in [0.15, 0.2) is 0 Å². The first-order valence-corrected chi connectivity index (χ1v) is 5.15. The van der Waals surface area contributed by atoms with E-state index in [2.05, 4.69) is 10.6 Å². The number of hydrogen-bond donors (Lipinski definition) is 4. The number of likely N-dealkylation sites (N-methyl/N-ethyl adjacent to an activating group) is 1. The summed E-state index contributed by atoms with van der Waals surface area (Å²) in [5.74, 6) is -2.83. The average molecular weight is 246 g/mol. The van der Waals surface area contributed by atoms with Gasteiger partial charge in [0.25, 0.3) is 0 Å². The minimum Gasteiger partial charge on any atom is -0.481 e. The minimum atomic E-state index is -1.24.